The molecule has 0 aliphatic heterocycles. The highest BCUT2D eigenvalue weighted by atomic mass is 16.5. The van der Waals surface area contributed by atoms with E-state index in [0.29, 0.717) is 18.3 Å². The second kappa shape index (κ2) is 6.73. The third-order valence-corrected chi connectivity index (χ3v) is 5.34. The number of carbonyl (C=O) groups is 2. The van der Waals surface area contributed by atoms with Gasteiger partial charge in [-0.05, 0) is 68.1 Å². The van der Waals surface area contributed by atoms with Gasteiger partial charge in [0.2, 0.25) is 0 Å². The van der Waals surface area contributed by atoms with Crippen molar-refractivity contribution in [1.82, 2.24) is 0 Å². The second-order valence-corrected chi connectivity index (χ2v) is 7.17. The van der Waals surface area contributed by atoms with E-state index in [9.17, 15) is 9.59 Å². The lowest BCUT2D eigenvalue weighted by Crippen LogP contribution is -2.23. The van der Waals surface area contributed by atoms with Gasteiger partial charge in [0.1, 0.15) is 0 Å². The van der Waals surface area contributed by atoms with E-state index in [1.54, 1.807) is 0 Å². The number of anilines is 1. The minimum Gasteiger partial charge on any atom is -0.456 e. The number of fused-ring (bicyclic) bond motifs is 2. The van der Waals surface area contributed by atoms with Crippen molar-refractivity contribution < 1.29 is 14.3 Å². The summed E-state index contributed by atoms with van der Waals surface area (Å²) in [5.74, 6) is 1.49. The Morgan fingerprint density at radius 2 is 2.04 bits per heavy atom. The number of hydrogen-bond acceptors (Lipinski definition) is 3. The van der Waals surface area contributed by atoms with Crippen LogP contribution in [-0.4, -0.2) is 18.5 Å². The van der Waals surface area contributed by atoms with E-state index in [2.05, 4.69) is 5.32 Å². The van der Waals surface area contributed by atoms with Crippen molar-refractivity contribution in [3.05, 3.63) is 29.3 Å². The van der Waals surface area contributed by atoms with Crippen LogP contribution in [0.25, 0.3) is 0 Å². The fourth-order valence-electron chi connectivity index (χ4n) is 4.10. The lowest BCUT2D eigenvalue weighted by atomic mass is 9.86. The molecule has 1 amide bonds. The van der Waals surface area contributed by atoms with Crippen molar-refractivity contribution in [2.45, 2.75) is 46.0 Å². The predicted octanol–water partition coefficient (Wildman–Crippen LogP) is 3.61. The number of carbonyl (C=O) groups excluding carboxylic acids is 2. The third-order valence-electron chi connectivity index (χ3n) is 5.34. The molecule has 124 valence electrons. The third kappa shape index (κ3) is 3.92. The Bertz CT molecular complexity index is 611. The van der Waals surface area contributed by atoms with Crippen LogP contribution in [0.3, 0.4) is 0 Å². The predicted molar refractivity (Wildman–Crippen MR) is 89.1 cm³/mol. The van der Waals surface area contributed by atoms with Crippen LogP contribution >= 0.6 is 0 Å². The van der Waals surface area contributed by atoms with E-state index in [4.69, 9.17) is 4.74 Å². The Morgan fingerprint density at radius 1 is 1.22 bits per heavy atom. The van der Waals surface area contributed by atoms with Crippen LogP contribution in [0, 0.1) is 31.6 Å². The molecule has 0 unspecified atom stereocenters. The fourth-order valence-corrected chi connectivity index (χ4v) is 4.10. The number of aryl methyl sites for hydroxylation is 2. The average Bonchev–Trinajstić information content (AvgIpc) is 3.11. The molecule has 2 aliphatic carbocycles. The molecular formula is C19H25NO3. The highest BCUT2D eigenvalue weighted by Crippen LogP contribution is 2.49. The maximum Gasteiger partial charge on any atom is 0.306 e. The second-order valence-electron chi connectivity index (χ2n) is 7.17. The molecule has 23 heavy (non-hydrogen) atoms. The summed E-state index contributed by atoms with van der Waals surface area (Å²) in [6.45, 7) is 3.72. The molecule has 1 N–H and O–H groups in total. The van der Waals surface area contributed by atoms with Gasteiger partial charge in [0.15, 0.2) is 6.61 Å². The Morgan fingerprint density at radius 3 is 2.74 bits per heavy atom. The molecule has 3 atom stereocenters. The fraction of sp³-hybridized carbons (Fsp3) is 0.579. The SMILES string of the molecule is Cc1ccc(C)c(NC(=O)COC(=O)C[C@H]2C[C@H]3CC[C@@H]2C3)c1. The molecule has 0 saturated heterocycles. The number of hydrogen-bond donors (Lipinski definition) is 1. The first kappa shape index (κ1) is 16.0. The zero-order chi connectivity index (χ0) is 16.4. The van der Waals surface area contributed by atoms with E-state index in [1.165, 1.54) is 19.3 Å². The normalized spacial score (nSPS) is 25.4. The van der Waals surface area contributed by atoms with Crippen molar-refractivity contribution in [2.75, 3.05) is 11.9 Å². The minimum atomic E-state index is -0.278. The number of rotatable bonds is 5. The monoisotopic (exact) mass is 315 g/mol. The van der Waals surface area contributed by atoms with Crippen LogP contribution in [0.4, 0.5) is 5.69 Å². The number of nitrogens with one attached hydrogen (secondary N) is 1. The molecule has 1 aromatic rings. The van der Waals surface area contributed by atoms with Crippen molar-refractivity contribution in [3.8, 4) is 0 Å². The van der Waals surface area contributed by atoms with Gasteiger partial charge in [0.05, 0.1) is 0 Å². The number of amides is 1. The summed E-state index contributed by atoms with van der Waals surface area (Å²) in [6.07, 6.45) is 5.50. The molecule has 4 heteroatoms. The molecular weight excluding hydrogens is 290 g/mol. The van der Waals surface area contributed by atoms with Crippen LogP contribution in [0.1, 0.15) is 43.2 Å². The van der Waals surface area contributed by atoms with E-state index in [-0.39, 0.29) is 18.5 Å². The summed E-state index contributed by atoms with van der Waals surface area (Å²) >= 11 is 0. The van der Waals surface area contributed by atoms with E-state index in [0.717, 1.165) is 29.2 Å². The molecule has 2 aliphatic rings. The van der Waals surface area contributed by atoms with Crippen molar-refractivity contribution >= 4 is 17.6 Å². The van der Waals surface area contributed by atoms with Gasteiger partial charge in [-0.2, -0.15) is 0 Å². The summed E-state index contributed by atoms with van der Waals surface area (Å²) in [6, 6.07) is 5.89. The van der Waals surface area contributed by atoms with Crippen LogP contribution in [0.5, 0.6) is 0 Å². The summed E-state index contributed by atoms with van der Waals surface area (Å²) < 4.78 is 5.16. The molecule has 4 nitrogen and oxygen atoms in total. The smallest absolute Gasteiger partial charge is 0.306 e. The van der Waals surface area contributed by atoms with E-state index in [1.807, 2.05) is 32.0 Å². The minimum absolute atomic E-state index is 0.201. The number of ether oxygens (including phenoxy) is 1. The summed E-state index contributed by atoms with van der Waals surface area (Å²) in [5, 5.41) is 2.81. The first-order valence-corrected chi connectivity index (χ1v) is 8.54. The van der Waals surface area contributed by atoms with Gasteiger partial charge in [-0.15, -0.1) is 0 Å². The Balaban J connectivity index is 1.43. The van der Waals surface area contributed by atoms with Crippen molar-refractivity contribution in [1.29, 1.82) is 0 Å². The molecule has 0 aromatic heterocycles. The van der Waals surface area contributed by atoms with E-state index < -0.39 is 0 Å². The largest absolute Gasteiger partial charge is 0.456 e. The van der Waals surface area contributed by atoms with Crippen molar-refractivity contribution in [2.24, 2.45) is 17.8 Å². The molecule has 1 aromatic carbocycles. The van der Waals surface area contributed by atoms with Gasteiger partial charge in [0.25, 0.3) is 5.91 Å². The van der Waals surface area contributed by atoms with Gasteiger partial charge in [0, 0.05) is 12.1 Å². The van der Waals surface area contributed by atoms with Gasteiger partial charge >= 0.3 is 5.97 Å². The molecule has 0 radical (unpaired) electrons. The highest BCUT2D eigenvalue weighted by Gasteiger charge is 2.40. The number of esters is 1. The first-order valence-electron chi connectivity index (χ1n) is 8.54. The van der Waals surface area contributed by atoms with Crippen LogP contribution in [0.15, 0.2) is 18.2 Å². The first-order chi connectivity index (χ1) is 11.0. The van der Waals surface area contributed by atoms with Gasteiger partial charge in [-0.3, -0.25) is 9.59 Å². The van der Waals surface area contributed by atoms with Gasteiger partial charge in [-0.25, -0.2) is 0 Å². The van der Waals surface area contributed by atoms with Gasteiger partial charge in [-0.1, -0.05) is 18.6 Å². The number of benzene rings is 1. The molecule has 0 heterocycles. The van der Waals surface area contributed by atoms with E-state index >= 15 is 0 Å². The Labute approximate surface area is 137 Å². The van der Waals surface area contributed by atoms with Crippen LogP contribution < -0.4 is 5.32 Å². The maximum atomic E-state index is 12.0. The standard InChI is InChI=1S/C19H25NO3/c1-12-3-4-13(2)17(7-12)20-18(21)11-23-19(22)10-16-9-14-5-6-15(16)8-14/h3-4,7,14-16H,5-6,8-11H2,1-2H3,(H,20,21)/t14-,15+,16+/m0/s1. The van der Waals surface area contributed by atoms with Crippen molar-refractivity contribution in [3.63, 3.8) is 0 Å². The summed E-state index contributed by atoms with van der Waals surface area (Å²) in [4.78, 5) is 23.9. The maximum absolute atomic E-state index is 12.0. The quantitative estimate of drug-likeness (QED) is 0.845. The van der Waals surface area contributed by atoms with Crippen LogP contribution in [0.2, 0.25) is 0 Å². The van der Waals surface area contributed by atoms with Gasteiger partial charge < -0.3 is 10.1 Å². The summed E-state index contributed by atoms with van der Waals surface area (Å²) in [5.41, 5.74) is 2.86. The highest BCUT2D eigenvalue weighted by molar-refractivity contribution is 5.93. The average molecular weight is 315 g/mol. The Hall–Kier alpha value is -1.84. The lowest BCUT2D eigenvalue weighted by molar-refractivity contribution is -0.148. The molecule has 2 saturated carbocycles. The molecule has 0 spiro atoms. The molecule has 2 fully saturated rings. The zero-order valence-electron chi connectivity index (χ0n) is 13.9. The lowest BCUT2D eigenvalue weighted by Gasteiger charge is -2.20. The van der Waals surface area contributed by atoms with Crippen LogP contribution in [-0.2, 0) is 14.3 Å². The molecule has 2 bridgehead atoms. The topological polar surface area (TPSA) is 55.4 Å². The zero-order valence-corrected chi connectivity index (χ0v) is 13.9. The summed E-state index contributed by atoms with van der Waals surface area (Å²) in [7, 11) is 0. The molecule has 3 rings (SSSR count). The Kier molecular flexibility index (Phi) is 4.69.